The van der Waals surface area contributed by atoms with Crippen LogP contribution in [-0.2, 0) is 14.4 Å². The van der Waals surface area contributed by atoms with E-state index in [1.807, 2.05) is 52.0 Å². The van der Waals surface area contributed by atoms with Gasteiger partial charge in [0.15, 0.2) is 16.0 Å². The van der Waals surface area contributed by atoms with Gasteiger partial charge >= 0.3 is 5.97 Å². The number of hydroxylamine groups is 2. The molecule has 2 aliphatic rings. The first kappa shape index (κ1) is 27.6. The summed E-state index contributed by atoms with van der Waals surface area (Å²) in [6.45, 7) is 10.2. The Morgan fingerprint density at radius 3 is 2.83 bits per heavy atom. The largest absolute Gasteiger partial charge is 0.461 e. The number of aromatic nitrogens is 3. The number of nitrogens with zero attached hydrogens (tertiary/aromatic N) is 2. The summed E-state index contributed by atoms with van der Waals surface area (Å²) in [6, 6.07) is 7.43. The second-order valence-corrected chi connectivity index (χ2v) is 12.4. The molecule has 4 aromatic rings. The highest BCUT2D eigenvalue weighted by Crippen LogP contribution is 2.46. The minimum Gasteiger partial charge on any atom is -0.461 e. The molecule has 0 fully saturated rings. The van der Waals surface area contributed by atoms with Crippen molar-refractivity contribution < 1.29 is 23.6 Å². The van der Waals surface area contributed by atoms with E-state index in [-0.39, 0.29) is 24.6 Å². The number of imidazole rings is 1. The van der Waals surface area contributed by atoms with Gasteiger partial charge in [0, 0.05) is 28.1 Å². The number of ether oxygens (including phenoxy) is 1. The van der Waals surface area contributed by atoms with Crippen LogP contribution in [0.15, 0.2) is 56.4 Å². The van der Waals surface area contributed by atoms with Crippen LogP contribution in [0.5, 0.6) is 0 Å². The molecule has 3 aromatic heterocycles. The zero-order valence-corrected chi connectivity index (χ0v) is 24.9. The van der Waals surface area contributed by atoms with E-state index in [0.29, 0.717) is 44.5 Å². The Bertz CT molecular complexity index is 1710. The van der Waals surface area contributed by atoms with Crippen LogP contribution < -0.4 is 5.32 Å². The van der Waals surface area contributed by atoms with Crippen molar-refractivity contribution in [2.24, 2.45) is 0 Å². The van der Waals surface area contributed by atoms with Crippen molar-refractivity contribution in [3.8, 4) is 0 Å². The quantitative estimate of drug-likeness (QED) is 0.223. The second kappa shape index (κ2) is 10.4. The van der Waals surface area contributed by atoms with Gasteiger partial charge in [-0.25, -0.2) is 9.78 Å². The van der Waals surface area contributed by atoms with Gasteiger partial charge in [0.1, 0.15) is 11.5 Å². The number of aryl methyl sites for hydroxylation is 1. The lowest BCUT2D eigenvalue weighted by molar-refractivity contribution is -0.223. The molecule has 6 rings (SSSR count). The molecule has 0 aliphatic carbocycles. The van der Waals surface area contributed by atoms with Crippen LogP contribution >= 0.6 is 23.4 Å². The maximum absolute atomic E-state index is 13.6. The summed E-state index contributed by atoms with van der Waals surface area (Å²) in [5, 5.41) is 6.88. The number of anilines is 1. The molecule has 5 heterocycles. The van der Waals surface area contributed by atoms with Crippen LogP contribution in [0.2, 0.25) is 5.02 Å². The van der Waals surface area contributed by atoms with Gasteiger partial charge in [-0.1, -0.05) is 11.6 Å². The Morgan fingerprint density at radius 2 is 2.07 bits per heavy atom. The molecule has 1 aromatic carbocycles. The number of carbonyl (C=O) groups excluding carboxylic acids is 2. The number of furan rings is 1. The fourth-order valence-corrected chi connectivity index (χ4v) is 6.34. The molecule has 2 aliphatic heterocycles. The monoisotopic (exact) mass is 595 g/mol. The van der Waals surface area contributed by atoms with E-state index in [0.717, 1.165) is 22.2 Å². The number of rotatable bonds is 6. The van der Waals surface area contributed by atoms with Gasteiger partial charge in [-0.15, -0.1) is 0 Å². The fraction of sp³-hybridized carbons (Fsp3) is 0.345. The van der Waals surface area contributed by atoms with E-state index in [1.165, 1.54) is 11.8 Å². The molecule has 0 saturated carbocycles. The topological polar surface area (TPSA) is 125 Å². The molecule has 0 amide bonds. The van der Waals surface area contributed by atoms with Crippen molar-refractivity contribution in [2.45, 2.75) is 56.4 Å². The Morgan fingerprint density at radius 1 is 1.27 bits per heavy atom. The normalized spacial score (nSPS) is 17.5. The Kier molecular flexibility index (Phi) is 7.01. The Balaban J connectivity index is 1.37. The van der Waals surface area contributed by atoms with E-state index >= 15 is 0 Å². The van der Waals surface area contributed by atoms with Crippen LogP contribution in [0, 0.1) is 6.92 Å². The first-order valence-corrected chi connectivity index (χ1v) is 14.5. The number of H-pyrrole nitrogens is 2. The molecular weight excluding hydrogens is 566 g/mol. The number of aromatic amines is 2. The summed E-state index contributed by atoms with van der Waals surface area (Å²) in [5.41, 5.74) is 5.00. The van der Waals surface area contributed by atoms with E-state index < -0.39 is 17.5 Å². The highest BCUT2D eigenvalue weighted by molar-refractivity contribution is 7.99. The summed E-state index contributed by atoms with van der Waals surface area (Å²) in [5.74, 6) is -0.528. The number of nitrogens with one attached hydrogen (secondary N) is 3. The zero-order valence-electron chi connectivity index (χ0n) is 23.3. The van der Waals surface area contributed by atoms with E-state index in [2.05, 4.69) is 15.3 Å². The van der Waals surface area contributed by atoms with Crippen molar-refractivity contribution in [1.29, 1.82) is 0 Å². The molecule has 214 valence electrons. The molecule has 0 saturated heterocycles. The van der Waals surface area contributed by atoms with Gasteiger partial charge < -0.3 is 24.4 Å². The molecule has 0 spiro atoms. The number of carbonyl (C=O) groups is 2. The first-order chi connectivity index (χ1) is 19.5. The lowest BCUT2D eigenvalue weighted by Gasteiger charge is -2.38. The van der Waals surface area contributed by atoms with Gasteiger partial charge in [0.05, 0.1) is 47.9 Å². The summed E-state index contributed by atoms with van der Waals surface area (Å²) in [7, 11) is 0. The minimum absolute atomic E-state index is 0.0900. The average molecular weight is 596 g/mol. The molecular formula is C29H30ClN5O5S. The van der Waals surface area contributed by atoms with Crippen molar-refractivity contribution >= 4 is 51.8 Å². The standard InChI is InChI=1S/C29H30ClN5O5S/c1-6-38-27(37)26-25-16(11-31-26)22(23-18(32-25)12-35(13-19(23)36)40-29(3,4)5)20-7-8-21(39-20)41-28-33-17-10-15(30)9-14(2)24(17)34-28/h7-11,22,31-32H,6,12-13H2,1-5H3,(H,33,34). The molecule has 0 bridgehead atoms. The van der Waals surface area contributed by atoms with Crippen LogP contribution in [0.4, 0.5) is 5.69 Å². The van der Waals surface area contributed by atoms with Crippen LogP contribution in [0.25, 0.3) is 11.0 Å². The molecule has 12 heteroatoms. The van der Waals surface area contributed by atoms with Crippen molar-refractivity contribution in [3.63, 3.8) is 0 Å². The predicted molar refractivity (Wildman–Crippen MR) is 155 cm³/mol. The van der Waals surface area contributed by atoms with Crippen molar-refractivity contribution in [1.82, 2.24) is 20.0 Å². The minimum atomic E-state index is -0.531. The molecule has 1 atom stereocenters. The lowest BCUT2D eigenvalue weighted by Crippen LogP contribution is -2.45. The summed E-state index contributed by atoms with van der Waals surface area (Å²) < 4.78 is 11.6. The number of halogens is 1. The number of fused-ring (bicyclic) bond motifs is 2. The number of hydrogen-bond acceptors (Lipinski definition) is 9. The Labute approximate surface area is 245 Å². The second-order valence-electron chi connectivity index (χ2n) is 11.0. The van der Waals surface area contributed by atoms with Crippen LogP contribution in [0.1, 0.15) is 61.0 Å². The smallest absolute Gasteiger partial charge is 0.356 e. The third-order valence-electron chi connectivity index (χ3n) is 6.75. The van der Waals surface area contributed by atoms with Crippen LogP contribution in [0.3, 0.4) is 0 Å². The number of Topliss-reactive ketones (excluding diaryl/α,β-unsaturated/α-hetero) is 1. The van der Waals surface area contributed by atoms with E-state index in [4.69, 9.17) is 30.6 Å². The van der Waals surface area contributed by atoms with Gasteiger partial charge in [0.25, 0.3) is 0 Å². The van der Waals surface area contributed by atoms with Gasteiger partial charge in [-0.3, -0.25) is 9.63 Å². The lowest BCUT2D eigenvalue weighted by atomic mass is 9.81. The highest BCUT2D eigenvalue weighted by Gasteiger charge is 2.42. The van der Waals surface area contributed by atoms with Gasteiger partial charge in [-0.2, -0.15) is 5.06 Å². The van der Waals surface area contributed by atoms with Crippen LogP contribution in [-0.4, -0.2) is 57.1 Å². The predicted octanol–water partition coefficient (Wildman–Crippen LogP) is 6.20. The highest BCUT2D eigenvalue weighted by atomic mass is 35.5. The molecule has 41 heavy (non-hydrogen) atoms. The molecule has 1 unspecified atom stereocenters. The third-order valence-corrected chi connectivity index (χ3v) is 7.78. The summed E-state index contributed by atoms with van der Waals surface area (Å²) in [4.78, 5) is 43.5. The number of benzene rings is 1. The SMILES string of the molecule is CCOC(=O)c1[nH]cc2c1NC1=C(C(=O)CN(OC(C)(C)C)C1)C2c1ccc(Sc2nc3c(C)cc(Cl)cc3[nH]2)o1. The van der Waals surface area contributed by atoms with Gasteiger partial charge in [0.2, 0.25) is 0 Å². The third kappa shape index (κ3) is 5.30. The fourth-order valence-electron chi connectivity index (χ4n) is 5.30. The summed E-state index contributed by atoms with van der Waals surface area (Å²) in [6.07, 6.45) is 1.73. The maximum atomic E-state index is 13.6. The summed E-state index contributed by atoms with van der Waals surface area (Å²) >= 11 is 7.56. The molecule has 3 N–H and O–H groups in total. The zero-order chi connectivity index (χ0) is 29.1. The maximum Gasteiger partial charge on any atom is 0.356 e. The first-order valence-electron chi connectivity index (χ1n) is 13.3. The molecule has 0 radical (unpaired) electrons. The number of hydrogen-bond donors (Lipinski definition) is 3. The van der Waals surface area contributed by atoms with E-state index in [1.54, 1.807) is 18.2 Å². The molecule has 10 nitrogen and oxygen atoms in total. The number of ketones is 1. The van der Waals surface area contributed by atoms with Gasteiger partial charge in [-0.05, 0) is 76.2 Å². The van der Waals surface area contributed by atoms with Crippen molar-refractivity contribution in [2.75, 3.05) is 25.0 Å². The average Bonchev–Trinajstić information content (AvgIpc) is 3.60. The van der Waals surface area contributed by atoms with Crippen molar-refractivity contribution in [3.05, 3.63) is 69.3 Å². The number of esters is 1. The Hall–Kier alpha value is -3.51. The van der Waals surface area contributed by atoms with E-state index in [9.17, 15) is 9.59 Å².